The molecule has 0 aliphatic carbocycles. The van der Waals surface area contributed by atoms with Crippen LogP contribution in [0.1, 0.15) is 6.92 Å². The zero-order valence-corrected chi connectivity index (χ0v) is 14.3. The van der Waals surface area contributed by atoms with Gasteiger partial charge in [0.05, 0.1) is 15.9 Å². The zero-order chi connectivity index (χ0) is 15.9. The first kappa shape index (κ1) is 16.2. The molecule has 0 saturated heterocycles. The SMILES string of the molecule is C[C@@H](CN)NS(=O)(=O)c1cc2c(cc1Br)n(C)c(=O)n2C. The number of nitrogens with two attached hydrogens (primary N) is 1. The van der Waals surface area contributed by atoms with Crippen LogP contribution in [0.15, 0.2) is 26.3 Å². The minimum absolute atomic E-state index is 0.0801. The van der Waals surface area contributed by atoms with Crippen LogP contribution in [-0.4, -0.2) is 30.1 Å². The second kappa shape index (κ2) is 5.56. The van der Waals surface area contributed by atoms with Crippen LogP contribution in [0.5, 0.6) is 0 Å². The number of aromatic nitrogens is 2. The Morgan fingerprint density at radius 2 is 1.81 bits per heavy atom. The molecule has 9 heteroatoms. The third-order valence-electron chi connectivity index (χ3n) is 3.33. The predicted molar refractivity (Wildman–Crippen MR) is 84.7 cm³/mol. The molecule has 0 aliphatic rings. The minimum Gasteiger partial charge on any atom is -0.329 e. The highest BCUT2D eigenvalue weighted by Gasteiger charge is 2.22. The van der Waals surface area contributed by atoms with Crippen molar-refractivity contribution >= 4 is 37.0 Å². The van der Waals surface area contributed by atoms with Crippen LogP contribution in [0.2, 0.25) is 0 Å². The van der Waals surface area contributed by atoms with Crippen LogP contribution in [-0.2, 0) is 24.1 Å². The van der Waals surface area contributed by atoms with Crippen molar-refractivity contribution in [2.75, 3.05) is 6.54 Å². The van der Waals surface area contributed by atoms with E-state index in [1.807, 2.05) is 0 Å². The number of halogens is 1. The van der Waals surface area contributed by atoms with Gasteiger partial charge in [-0.05, 0) is 35.0 Å². The molecule has 0 unspecified atom stereocenters. The number of fused-ring (bicyclic) bond motifs is 1. The van der Waals surface area contributed by atoms with Gasteiger partial charge < -0.3 is 5.73 Å². The predicted octanol–water partition coefficient (Wildman–Crippen LogP) is 0.265. The molecule has 0 bridgehead atoms. The van der Waals surface area contributed by atoms with E-state index < -0.39 is 10.0 Å². The monoisotopic (exact) mass is 376 g/mol. The second-order valence-corrected chi connectivity index (χ2v) is 7.47. The summed E-state index contributed by atoms with van der Waals surface area (Å²) < 4.78 is 30.5. The fourth-order valence-electron chi connectivity index (χ4n) is 2.08. The van der Waals surface area contributed by atoms with Crippen molar-refractivity contribution in [3.63, 3.8) is 0 Å². The molecule has 0 fully saturated rings. The molecule has 21 heavy (non-hydrogen) atoms. The third-order valence-corrected chi connectivity index (χ3v) is 5.87. The lowest BCUT2D eigenvalue weighted by Crippen LogP contribution is -2.37. The number of hydrogen-bond acceptors (Lipinski definition) is 4. The first-order valence-electron chi connectivity index (χ1n) is 6.26. The maximum atomic E-state index is 12.4. The van der Waals surface area contributed by atoms with Gasteiger partial charge in [0.15, 0.2) is 0 Å². The maximum absolute atomic E-state index is 12.4. The first-order chi connectivity index (χ1) is 9.69. The standard InChI is InChI=1S/C12H17BrN4O3S/c1-7(6-14)15-21(19,20)11-5-10-9(4-8(11)13)16(2)12(18)17(10)3/h4-5,7,15H,6,14H2,1-3H3/t7-/m0/s1. The maximum Gasteiger partial charge on any atom is 0.328 e. The van der Waals surface area contributed by atoms with Crippen molar-refractivity contribution in [2.45, 2.75) is 17.9 Å². The van der Waals surface area contributed by atoms with Gasteiger partial charge in [0.25, 0.3) is 0 Å². The summed E-state index contributed by atoms with van der Waals surface area (Å²) in [5.41, 5.74) is 6.43. The lowest BCUT2D eigenvalue weighted by atomic mass is 10.3. The fraction of sp³-hybridized carbons (Fsp3) is 0.417. The van der Waals surface area contributed by atoms with Crippen LogP contribution in [0.4, 0.5) is 0 Å². The summed E-state index contributed by atoms with van der Waals surface area (Å²) in [5, 5.41) is 0. The van der Waals surface area contributed by atoms with Crippen molar-refractivity contribution in [1.29, 1.82) is 0 Å². The molecular weight excluding hydrogens is 360 g/mol. The van der Waals surface area contributed by atoms with E-state index in [0.717, 1.165) is 0 Å². The highest BCUT2D eigenvalue weighted by molar-refractivity contribution is 9.10. The summed E-state index contributed by atoms with van der Waals surface area (Å²) in [6.45, 7) is 1.88. The molecule has 7 nitrogen and oxygen atoms in total. The Balaban J connectivity index is 2.69. The van der Waals surface area contributed by atoms with E-state index in [0.29, 0.717) is 15.5 Å². The Kier molecular flexibility index (Phi) is 4.29. The van der Waals surface area contributed by atoms with Crippen molar-refractivity contribution in [3.05, 3.63) is 27.1 Å². The van der Waals surface area contributed by atoms with E-state index in [1.165, 1.54) is 15.2 Å². The van der Waals surface area contributed by atoms with Crippen molar-refractivity contribution in [1.82, 2.24) is 13.9 Å². The minimum atomic E-state index is -3.72. The highest BCUT2D eigenvalue weighted by atomic mass is 79.9. The van der Waals surface area contributed by atoms with E-state index in [2.05, 4.69) is 20.7 Å². The zero-order valence-electron chi connectivity index (χ0n) is 11.9. The van der Waals surface area contributed by atoms with Crippen molar-refractivity contribution in [2.24, 2.45) is 19.8 Å². The summed E-state index contributed by atoms with van der Waals surface area (Å²) in [4.78, 5) is 12.0. The van der Waals surface area contributed by atoms with Crippen LogP contribution in [0.25, 0.3) is 11.0 Å². The number of hydrogen-bond donors (Lipinski definition) is 2. The molecule has 0 aliphatic heterocycles. The molecule has 1 aromatic carbocycles. The van der Waals surface area contributed by atoms with E-state index in [9.17, 15) is 13.2 Å². The van der Waals surface area contributed by atoms with Gasteiger partial charge in [0.2, 0.25) is 10.0 Å². The number of benzene rings is 1. The van der Waals surface area contributed by atoms with Gasteiger partial charge in [-0.15, -0.1) is 0 Å². The highest BCUT2D eigenvalue weighted by Crippen LogP contribution is 2.27. The van der Waals surface area contributed by atoms with Crippen LogP contribution in [0, 0.1) is 0 Å². The summed E-state index contributed by atoms with van der Waals surface area (Å²) in [7, 11) is -0.475. The van der Waals surface area contributed by atoms with E-state index in [4.69, 9.17) is 5.73 Å². The summed E-state index contributed by atoms with van der Waals surface area (Å²) in [5.74, 6) is 0. The normalized spacial score (nSPS) is 13.8. The number of nitrogens with one attached hydrogen (secondary N) is 1. The molecule has 2 aromatic rings. The molecule has 2 rings (SSSR count). The number of aryl methyl sites for hydroxylation is 2. The van der Waals surface area contributed by atoms with Crippen molar-refractivity contribution in [3.8, 4) is 0 Å². The largest absolute Gasteiger partial charge is 0.329 e. The van der Waals surface area contributed by atoms with Gasteiger partial charge in [-0.3, -0.25) is 9.13 Å². The van der Waals surface area contributed by atoms with Crippen LogP contribution in [0.3, 0.4) is 0 Å². The lowest BCUT2D eigenvalue weighted by Gasteiger charge is -2.13. The molecule has 116 valence electrons. The molecular formula is C12H17BrN4O3S. The average molecular weight is 377 g/mol. The average Bonchev–Trinajstić information content (AvgIpc) is 2.62. The molecule has 3 N–H and O–H groups in total. The Bertz CT molecular complexity index is 853. The molecule has 1 aromatic heterocycles. The smallest absolute Gasteiger partial charge is 0.328 e. The van der Waals surface area contributed by atoms with Crippen molar-refractivity contribution < 1.29 is 8.42 Å². The Labute approximate surface area is 130 Å². The second-order valence-electron chi connectivity index (χ2n) is 4.93. The molecule has 0 radical (unpaired) electrons. The first-order valence-corrected chi connectivity index (χ1v) is 8.54. The summed E-state index contributed by atoms with van der Waals surface area (Å²) >= 11 is 3.26. The number of imidazole rings is 1. The number of nitrogens with zero attached hydrogens (tertiary/aromatic N) is 2. The van der Waals surface area contributed by atoms with Gasteiger partial charge in [-0.1, -0.05) is 0 Å². The molecule has 0 amide bonds. The number of sulfonamides is 1. The molecule has 0 spiro atoms. The Hall–Kier alpha value is -1.16. The van der Waals surface area contributed by atoms with E-state index in [-0.39, 0.29) is 23.2 Å². The van der Waals surface area contributed by atoms with Gasteiger partial charge in [-0.2, -0.15) is 0 Å². The van der Waals surface area contributed by atoms with Gasteiger partial charge >= 0.3 is 5.69 Å². The fourth-order valence-corrected chi connectivity index (χ4v) is 4.39. The molecule has 1 heterocycles. The summed E-state index contributed by atoms with van der Waals surface area (Å²) in [6, 6.07) is 2.72. The Morgan fingerprint density at radius 3 is 2.33 bits per heavy atom. The topological polar surface area (TPSA) is 99.1 Å². The quantitative estimate of drug-likeness (QED) is 0.799. The molecule has 0 saturated carbocycles. The van der Waals surface area contributed by atoms with Crippen LogP contribution >= 0.6 is 15.9 Å². The van der Waals surface area contributed by atoms with Gasteiger partial charge in [-0.25, -0.2) is 17.9 Å². The van der Waals surface area contributed by atoms with E-state index >= 15 is 0 Å². The third kappa shape index (κ3) is 2.78. The summed E-state index contributed by atoms with van der Waals surface area (Å²) in [6.07, 6.45) is 0. The Morgan fingerprint density at radius 1 is 1.29 bits per heavy atom. The van der Waals surface area contributed by atoms with Gasteiger partial charge in [0, 0.05) is 31.2 Å². The van der Waals surface area contributed by atoms with Gasteiger partial charge in [0.1, 0.15) is 0 Å². The lowest BCUT2D eigenvalue weighted by molar-refractivity contribution is 0.562. The molecule has 1 atom stereocenters. The van der Waals surface area contributed by atoms with Crippen LogP contribution < -0.4 is 16.1 Å². The van der Waals surface area contributed by atoms with E-state index in [1.54, 1.807) is 27.1 Å². The number of rotatable bonds is 4.